The second kappa shape index (κ2) is 6.17. The highest BCUT2D eigenvalue weighted by molar-refractivity contribution is 5.65. The molecule has 1 aliphatic heterocycles. The molecule has 1 saturated heterocycles. The zero-order valence-corrected chi connectivity index (χ0v) is 12.9. The number of anilines is 2. The van der Waals surface area contributed by atoms with Crippen LogP contribution in [0.15, 0.2) is 36.5 Å². The van der Waals surface area contributed by atoms with Crippen molar-refractivity contribution >= 4 is 11.5 Å². The molecule has 1 aromatic carbocycles. The van der Waals surface area contributed by atoms with Gasteiger partial charge in [-0.3, -0.25) is 0 Å². The van der Waals surface area contributed by atoms with E-state index in [9.17, 15) is 0 Å². The van der Waals surface area contributed by atoms with Crippen molar-refractivity contribution in [1.29, 1.82) is 0 Å². The van der Waals surface area contributed by atoms with Crippen LogP contribution in [-0.4, -0.2) is 18.1 Å². The molecule has 21 heavy (non-hydrogen) atoms. The van der Waals surface area contributed by atoms with Gasteiger partial charge in [-0.05, 0) is 44.4 Å². The molecule has 0 radical (unpaired) electrons. The predicted octanol–water partition coefficient (Wildman–Crippen LogP) is 3.91. The summed E-state index contributed by atoms with van der Waals surface area (Å²) in [6.45, 7) is 7.38. The summed E-state index contributed by atoms with van der Waals surface area (Å²) in [5, 5.41) is 3.56. The number of benzene rings is 1. The molecule has 1 aromatic heterocycles. The Morgan fingerprint density at radius 3 is 2.52 bits per heavy atom. The largest absolute Gasteiger partial charge is 0.378 e. The fourth-order valence-electron chi connectivity index (χ4n) is 3.08. The van der Waals surface area contributed by atoms with Gasteiger partial charge in [-0.15, -0.1) is 0 Å². The van der Waals surface area contributed by atoms with E-state index in [1.54, 1.807) is 0 Å². The number of nitrogens with one attached hydrogen (secondary N) is 1. The topological polar surface area (TPSA) is 28.2 Å². The van der Waals surface area contributed by atoms with Crippen LogP contribution < -0.4 is 10.2 Å². The van der Waals surface area contributed by atoms with Gasteiger partial charge in [0.2, 0.25) is 0 Å². The second-order valence-corrected chi connectivity index (χ2v) is 5.92. The molecule has 3 heteroatoms. The Labute approximate surface area is 127 Å². The van der Waals surface area contributed by atoms with E-state index in [0.29, 0.717) is 0 Å². The summed E-state index contributed by atoms with van der Waals surface area (Å²) in [6.07, 6.45) is 4.43. The molecule has 1 fully saturated rings. The molecular formula is C18H23N3. The number of pyridine rings is 1. The molecule has 3 rings (SSSR count). The maximum Gasteiger partial charge on any atom is 0.151 e. The minimum atomic E-state index is 0.842. The van der Waals surface area contributed by atoms with Gasteiger partial charge in [0.1, 0.15) is 0 Å². The highest BCUT2D eigenvalue weighted by Gasteiger charge is 2.16. The summed E-state index contributed by atoms with van der Waals surface area (Å²) in [6, 6.07) is 10.8. The van der Waals surface area contributed by atoms with E-state index in [1.165, 1.54) is 29.5 Å². The lowest BCUT2D eigenvalue weighted by molar-refractivity contribution is 0.934. The van der Waals surface area contributed by atoms with Crippen LogP contribution in [-0.2, 0) is 6.54 Å². The van der Waals surface area contributed by atoms with E-state index in [2.05, 4.69) is 53.3 Å². The van der Waals surface area contributed by atoms with Crippen LogP contribution in [0.3, 0.4) is 0 Å². The SMILES string of the molecule is Cc1cc(C)cc(CNc2cccnc2N2CCCC2)c1. The maximum atomic E-state index is 4.57. The van der Waals surface area contributed by atoms with Gasteiger partial charge < -0.3 is 10.2 Å². The molecule has 3 nitrogen and oxygen atoms in total. The van der Waals surface area contributed by atoms with Crippen LogP contribution in [0.2, 0.25) is 0 Å². The highest BCUT2D eigenvalue weighted by Crippen LogP contribution is 2.26. The molecule has 2 aromatic rings. The first-order valence-corrected chi connectivity index (χ1v) is 7.73. The van der Waals surface area contributed by atoms with Crippen LogP contribution in [0.25, 0.3) is 0 Å². The van der Waals surface area contributed by atoms with Crippen molar-refractivity contribution in [2.45, 2.75) is 33.2 Å². The lowest BCUT2D eigenvalue weighted by atomic mass is 10.1. The van der Waals surface area contributed by atoms with Gasteiger partial charge in [-0.1, -0.05) is 29.3 Å². The molecule has 2 heterocycles. The Hall–Kier alpha value is -2.03. The third kappa shape index (κ3) is 3.35. The Morgan fingerprint density at radius 2 is 1.81 bits per heavy atom. The van der Waals surface area contributed by atoms with Gasteiger partial charge in [-0.25, -0.2) is 4.98 Å². The molecule has 110 valence electrons. The van der Waals surface area contributed by atoms with Crippen molar-refractivity contribution in [1.82, 2.24) is 4.98 Å². The zero-order chi connectivity index (χ0) is 14.7. The second-order valence-electron chi connectivity index (χ2n) is 5.92. The van der Waals surface area contributed by atoms with E-state index >= 15 is 0 Å². The number of nitrogens with zero attached hydrogens (tertiary/aromatic N) is 2. The standard InChI is InChI=1S/C18H23N3/c1-14-10-15(2)12-16(11-14)13-20-17-6-5-7-19-18(17)21-8-3-4-9-21/h5-7,10-12,20H,3-4,8-9,13H2,1-2H3. The first-order chi connectivity index (χ1) is 10.2. The molecular weight excluding hydrogens is 258 g/mol. The van der Waals surface area contributed by atoms with Crippen LogP contribution >= 0.6 is 0 Å². The molecule has 0 aliphatic carbocycles. The Bertz CT molecular complexity index is 595. The summed E-state index contributed by atoms with van der Waals surface area (Å²) >= 11 is 0. The minimum Gasteiger partial charge on any atom is -0.378 e. The summed E-state index contributed by atoms with van der Waals surface area (Å²) in [5.41, 5.74) is 5.10. The molecule has 1 aliphatic rings. The first kappa shape index (κ1) is 13.9. The third-order valence-electron chi connectivity index (χ3n) is 3.96. The molecule has 0 unspecified atom stereocenters. The fraction of sp³-hybridized carbons (Fsp3) is 0.389. The van der Waals surface area contributed by atoms with Gasteiger partial charge >= 0.3 is 0 Å². The molecule has 0 saturated carbocycles. The van der Waals surface area contributed by atoms with Gasteiger partial charge in [0.25, 0.3) is 0 Å². The van der Waals surface area contributed by atoms with Gasteiger partial charge in [0.05, 0.1) is 5.69 Å². The van der Waals surface area contributed by atoms with Crippen molar-refractivity contribution in [3.8, 4) is 0 Å². The Morgan fingerprint density at radius 1 is 1.10 bits per heavy atom. The first-order valence-electron chi connectivity index (χ1n) is 7.73. The van der Waals surface area contributed by atoms with Crippen LogP contribution in [0.5, 0.6) is 0 Å². The molecule has 1 N–H and O–H groups in total. The minimum absolute atomic E-state index is 0.842. The van der Waals surface area contributed by atoms with Gasteiger partial charge in [0, 0.05) is 25.8 Å². The summed E-state index contributed by atoms with van der Waals surface area (Å²) < 4.78 is 0. The number of hydrogen-bond donors (Lipinski definition) is 1. The average Bonchev–Trinajstić information content (AvgIpc) is 2.98. The van der Waals surface area contributed by atoms with E-state index in [0.717, 1.165) is 31.1 Å². The van der Waals surface area contributed by atoms with Gasteiger partial charge in [-0.2, -0.15) is 0 Å². The zero-order valence-electron chi connectivity index (χ0n) is 12.9. The van der Waals surface area contributed by atoms with Crippen molar-refractivity contribution in [2.75, 3.05) is 23.3 Å². The highest BCUT2D eigenvalue weighted by atomic mass is 15.2. The van der Waals surface area contributed by atoms with E-state index in [1.807, 2.05) is 12.3 Å². The number of hydrogen-bond acceptors (Lipinski definition) is 3. The van der Waals surface area contributed by atoms with E-state index < -0.39 is 0 Å². The quantitative estimate of drug-likeness (QED) is 0.921. The number of rotatable bonds is 4. The van der Waals surface area contributed by atoms with Crippen molar-refractivity contribution in [3.05, 3.63) is 53.2 Å². The molecule has 0 spiro atoms. The van der Waals surface area contributed by atoms with Crippen molar-refractivity contribution in [2.24, 2.45) is 0 Å². The van der Waals surface area contributed by atoms with Crippen molar-refractivity contribution in [3.63, 3.8) is 0 Å². The smallest absolute Gasteiger partial charge is 0.151 e. The lowest BCUT2D eigenvalue weighted by Crippen LogP contribution is -2.20. The molecule has 0 atom stereocenters. The normalized spacial score (nSPS) is 14.5. The number of aromatic nitrogens is 1. The van der Waals surface area contributed by atoms with Crippen LogP contribution in [0, 0.1) is 13.8 Å². The van der Waals surface area contributed by atoms with Gasteiger partial charge in [0.15, 0.2) is 5.82 Å². The summed E-state index contributed by atoms with van der Waals surface area (Å²) in [7, 11) is 0. The fourth-order valence-corrected chi connectivity index (χ4v) is 3.08. The van der Waals surface area contributed by atoms with E-state index in [4.69, 9.17) is 0 Å². The Balaban J connectivity index is 1.75. The average molecular weight is 281 g/mol. The van der Waals surface area contributed by atoms with Crippen LogP contribution in [0.1, 0.15) is 29.5 Å². The predicted molar refractivity (Wildman–Crippen MR) is 88.9 cm³/mol. The lowest BCUT2D eigenvalue weighted by Gasteiger charge is -2.20. The number of aryl methyl sites for hydroxylation is 2. The van der Waals surface area contributed by atoms with E-state index in [-0.39, 0.29) is 0 Å². The molecule has 0 bridgehead atoms. The monoisotopic (exact) mass is 281 g/mol. The summed E-state index contributed by atoms with van der Waals surface area (Å²) in [5.74, 6) is 1.10. The third-order valence-corrected chi connectivity index (χ3v) is 3.96. The summed E-state index contributed by atoms with van der Waals surface area (Å²) in [4.78, 5) is 6.95. The van der Waals surface area contributed by atoms with Crippen molar-refractivity contribution < 1.29 is 0 Å². The van der Waals surface area contributed by atoms with Crippen LogP contribution in [0.4, 0.5) is 11.5 Å². The maximum absolute atomic E-state index is 4.57. The molecule has 0 amide bonds. The Kier molecular flexibility index (Phi) is 4.09.